The van der Waals surface area contributed by atoms with Crippen molar-refractivity contribution in [3.05, 3.63) is 41.1 Å². The molecule has 1 N–H and O–H groups in total. The van der Waals surface area contributed by atoms with Gasteiger partial charge >= 0.3 is 0 Å². The van der Waals surface area contributed by atoms with E-state index in [4.69, 9.17) is 0 Å². The molecule has 3 heteroatoms. The molecule has 2 unspecified atom stereocenters. The Kier molecular flexibility index (Phi) is 3.05. The predicted molar refractivity (Wildman–Crippen MR) is 83.2 cm³/mol. The Morgan fingerprint density at radius 3 is 2.33 bits per heavy atom. The highest BCUT2D eigenvalue weighted by Crippen LogP contribution is 2.68. The monoisotopic (exact) mass is 283 g/mol. The van der Waals surface area contributed by atoms with Gasteiger partial charge in [0.05, 0.1) is 0 Å². The lowest BCUT2D eigenvalue weighted by Gasteiger charge is -2.14. The van der Waals surface area contributed by atoms with Crippen molar-refractivity contribution in [3.63, 3.8) is 0 Å². The molecule has 0 spiro atoms. The lowest BCUT2D eigenvalue weighted by molar-refractivity contribution is -0.115. The first-order valence-electron chi connectivity index (χ1n) is 7.44. The molecule has 0 heterocycles. The van der Waals surface area contributed by atoms with Crippen molar-refractivity contribution in [1.82, 2.24) is 0 Å². The number of carbonyl (C=O) groups excluding carboxylic acids is 2. The molecule has 2 atom stereocenters. The summed E-state index contributed by atoms with van der Waals surface area (Å²) in [5.41, 5.74) is 3.81. The Hall–Kier alpha value is -1.90. The lowest BCUT2D eigenvalue weighted by Crippen LogP contribution is -2.12. The molecule has 0 amide bonds. The minimum Gasteiger partial charge on any atom is -0.359 e. The van der Waals surface area contributed by atoms with Gasteiger partial charge < -0.3 is 5.32 Å². The standard InChI is InChI=1S/C18H21NO2/c1-10(16-15(21)9-14-17(16)18(14,3)4)19-13-7-5-12(6-8-13)11(2)20/h5-8,14,17,19H,9H2,1-4H3. The molecule has 0 radical (unpaired) electrons. The summed E-state index contributed by atoms with van der Waals surface area (Å²) < 4.78 is 0. The van der Waals surface area contributed by atoms with Crippen molar-refractivity contribution in [2.24, 2.45) is 17.3 Å². The number of ketones is 2. The molecular formula is C18H21NO2. The fourth-order valence-corrected chi connectivity index (χ4v) is 3.70. The third kappa shape index (κ3) is 2.21. The van der Waals surface area contributed by atoms with Crippen molar-refractivity contribution < 1.29 is 9.59 Å². The van der Waals surface area contributed by atoms with Gasteiger partial charge in [0, 0.05) is 28.9 Å². The van der Waals surface area contributed by atoms with E-state index in [2.05, 4.69) is 19.2 Å². The summed E-state index contributed by atoms with van der Waals surface area (Å²) in [6.07, 6.45) is 0.690. The SMILES string of the molecule is CC(=O)c1ccc(NC(C)=C2C(=O)CC3C2C3(C)C)cc1. The van der Waals surface area contributed by atoms with Crippen LogP contribution in [0.1, 0.15) is 44.5 Å². The Balaban J connectivity index is 1.82. The fourth-order valence-electron chi connectivity index (χ4n) is 3.70. The number of nitrogens with one attached hydrogen (secondary N) is 1. The zero-order valence-electron chi connectivity index (χ0n) is 13.0. The Morgan fingerprint density at radius 2 is 1.81 bits per heavy atom. The van der Waals surface area contributed by atoms with Gasteiger partial charge in [0.1, 0.15) is 0 Å². The van der Waals surface area contributed by atoms with Gasteiger partial charge in [0.2, 0.25) is 0 Å². The molecule has 2 aliphatic rings. The van der Waals surface area contributed by atoms with Gasteiger partial charge in [-0.05, 0) is 55.4 Å². The predicted octanol–water partition coefficient (Wildman–Crippen LogP) is 3.82. The Bertz CT molecular complexity index is 652. The molecule has 21 heavy (non-hydrogen) atoms. The molecular weight excluding hydrogens is 262 g/mol. The molecule has 2 fully saturated rings. The van der Waals surface area contributed by atoms with Gasteiger partial charge in [-0.3, -0.25) is 9.59 Å². The van der Waals surface area contributed by atoms with Gasteiger partial charge in [-0.25, -0.2) is 0 Å². The first-order chi connectivity index (χ1) is 9.82. The van der Waals surface area contributed by atoms with E-state index in [-0.39, 0.29) is 17.0 Å². The average molecular weight is 283 g/mol. The highest BCUT2D eigenvalue weighted by molar-refractivity contribution is 6.01. The van der Waals surface area contributed by atoms with Crippen molar-refractivity contribution in [2.75, 3.05) is 5.32 Å². The minimum atomic E-state index is 0.0603. The van der Waals surface area contributed by atoms with E-state index in [9.17, 15) is 9.59 Å². The van der Waals surface area contributed by atoms with Gasteiger partial charge in [0.15, 0.2) is 11.6 Å². The number of hydrogen-bond donors (Lipinski definition) is 1. The maximum Gasteiger partial charge on any atom is 0.161 e. The number of Topliss-reactive ketones (excluding diaryl/α,β-unsaturated/α-hetero) is 2. The number of carbonyl (C=O) groups is 2. The molecule has 0 saturated heterocycles. The van der Waals surface area contributed by atoms with Crippen LogP contribution in [-0.2, 0) is 4.79 Å². The van der Waals surface area contributed by atoms with Crippen LogP contribution in [0.15, 0.2) is 35.5 Å². The van der Waals surface area contributed by atoms with Gasteiger partial charge in [-0.1, -0.05) is 13.8 Å². The normalized spacial score (nSPS) is 28.1. The van der Waals surface area contributed by atoms with Crippen molar-refractivity contribution in [3.8, 4) is 0 Å². The summed E-state index contributed by atoms with van der Waals surface area (Å²) in [4.78, 5) is 23.4. The van der Waals surface area contributed by atoms with Crippen LogP contribution in [0.4, 0.5) is 5.69 Å². The van der Waals surface area contributed by atoms with E-state index in [0.717, 1.165) is 17.0 Å². The van der Waals surface area contributed by atoms with Crippen LogP contribution in [-0.4, -0.2) is 11.6 Å². The first kappa shape index (κ1) is 14.1. The minimum absolute atomic E-state index is 0.0603. The third-order valence-electron chi connectivity index (χ3n) is 5.09. The average Bonchev–Trinajstić information content (AvgIpc) is 2.79. The van der Waals surface area contributed by atoms with Gasteiger partial charge in [-0.2, -0.15) is 0 Å². The molecule has 2 aliphatic carbocycles. The fraction of sp³-hybridized carbons (Fsp3) is 0.444. The molecule has 3 rings (SSSR count). The summed E-state index contributed by atoms with van der Waals surface area (Å²) in [6.45, 7) is 8.01. The smallest absolute Gasteiger partial charge is 0.161 e. The highest BCUT2D eigenvalue weighted by atomic mass is 16.1. The summed E-state index contributed by atoms with van der Waals surface area (Å²) in [5, 5.41) is 3.32. The lowest BCUT2D eigenvalue weighted by atomic mass is 9.95. The number of fused-ring (bicyclic) bond motifs is 1. The summed E-state index contributed by atoms with van der Waals surface area (Å²) in [5.74, 6) is 1.28. The van der Waals surface area contributed by atoms with Crippen LogP contribution in [0.2, 0.25) is 0 Å². The summed E-state index contributed by atoms with van der Waals surface area (Å²) in [6, 6.07) is 7.39. The maximum atomic E-state index is 12.1. The number of benzene rings is 1. The van der Waals surface area contributed by atoms with E-state index < -0.39 is 0 Å². The van der Waals surface area contributed by atoms with Crippen LogP contribution in [0.3, 0.4) is 0 Å². The molecule has 1 aromatic carbocycles. The van der Waals surface area contributed by atoms with E-state index >= 15 is 0 Å². The quantitative estimate of drug-likeness (QED) is 0.677. The Labute approximate surface area is 125 Å². The molecule has 3 nitrogen and oxygen atoms in total. The molecule has 1 aromatic rings. The molecule has 110 valence electrons. The number of hydrogen-bond acceptors (Lipinski definition) is 3. The second-order valence-electron chi connectivity index (χ2n) is 6.83. The topological polar surface area (TPSA) is 46.2 Å². The van der Waals surface area contributed by atoms with Crippen LogP contribution in [0.5, 0.6) is 0 Å². The number of allylic oxidation sites excluding steroid dienone is 2. The molecule has 0 aliphatic heterocycles. The van der Waals surface area contributed by atoms with E-state index in [1.807, 2.05) is 31.2 Å². The van der Waals surface area contributed by atoms with Crippen LogP contribution < -0.4 is 5.32 Å². The van der Waals surface area contributed by atoms with Gasteiger partial charge in [-0.15, -0.1) is 0 Å². The highest BCUT2D eigenvalue weighted by Gasteiger charge is 2.65. The summed E-state index contributed by atoms with van der Waals surface area (Å²) in [7, 11) is 0. The molecule has 0 aromatic heterocycles. The van der Waals surface area contributed by atoms with E-state index in [1.54, 1.807) is 6.92 Å². The Morgan fingerprint density at radius 1 is 1.19 bits per heavy atom. The van der Waals surface area contributed by atoms with Crippen LogP contribution in [0.25, 0.3) is 0 Å². The van der Waals surface area contributed by atoms with Crippen molar-refractivity contribution in [2.45, 2.75) is 34.1 Å². The second-order valence-corrected chi connectivity index (χ2v) is 6.83. The zero-order chi connectivity index (χ0) is 15.4. The third-order valence-corrected chi connectivity index (χ3v) is 5.09. The summed E-state index contributed by atoms with van der Waals surface area (Å²) >= 11 is 0. The van der Waals surface area contributed by atoms with Gasteiger partial charge in [0.25, 0.3) is 0 Å². The van der Waals surface area contributed by atoms with Crippen molar-refractivity contribution in [1.29, 1.82) is 0 Å². The number of anilines is 1. The maximum absolute atomic E-state index is 12.1. The first-order valence-corrected chi connectivity index (χ1v) is 7.44. The molecule has 2 saturated carbocycles. The van der Waals surface area contributed by atoms with E-state index in [1.165, 1.54) is 0 Å². The van der Waals surface area contributed by atoms with Crippen LogP contribution >= 0.6 is 0 Å². The second kappa shape index (κ2) is 4.55. The molecule has 0 bridgehead atoms. The van der Waals surface area contributed by atoms with E-state index in [0.29, 0.717) is 23.8 Å². The zero-order valence-corrected chi connectivity index (χ0v) is 13.0. The van der Waals surface area contributed by atoms with Crippen molar-refractivity contribution >= 4 is 17.3 Å². The largest absolute Gasteiger partial charge is 0.359 e. The van der Waals surface area contributed by atoms with Crippen LogP contribution in [0, 0.1) is 17.3 Å². The number of rotatable bonds is 3.